The minimum atomic E-state index is -4.27. The molecule has 0 radical (unpaired) electrons. The van der Waals surface area contributed by atoms with E-state index in [4.69, 9.17) is 0 Å². The number of likely N-dealkylation sites (tertiary alicyclic amines) is 1. The zero-order chi connectivity index (χ0) is 21.5. The second-order valence-corrected chi connectivity index (χ2v) is 9.43. The van der Waals surface area contributed by atoms with E-state index in [2.05, 4.69) is 10.3 Å². The fourth-order valence-corrected chi connectivity index (χ4v) is 5.47. The molecule has 1 aromatic heterocycles. The van der Waals surface area contributed by atoms with E-state index in [1.807, 2.05) is 0 Å². The van der Waals surface area contributed by atoms with Gasteiger partial charge in [0.25, 0.3) is 11.8 Å². The van der Waals surface area contributed by atoms with Crippen molar-refractivity contribution in [2.24, 2.45) is 0 Å². The number of rotatable bonds is 5. The largest absolute Gasteiger partial charge is 0.337 e. The van der Waals surface area contributed by atoms with Gasteiger partial charge in [-0.15, -0.1) is 5.10 Å². The lowest BCUT2D eigenvalue weighted by Crippen LogP contribution is -2.38. The van der Waals surface area contributed by atoms with E-state index in [1.54, 1.807) is 4.90 Å². The Balaban J connectivity index is 1.55. The lowest BCUT2D eigenvalue weighted by molar-refractivity contribution is 0.0168. The lowest BCUT2D eigenvalue weighted by Gasteiger charge is -2.23. The molecular weight excluding hydrogens is 423 g/mol. The summed E-state index contributed by atoms with van der Waals surface area (Å²) in [5.74, 6) is -4.13. The van der Waals surface area contributed by atoms with Gasteiger partial charge in [-0.1, -0.05) is 5.21 Å². The maximum Gasteiger partial charge on any atom is 0.276 e. The lowest BCUT2D eigenvalue weighted by atomic mass is 10.2. The van der Waals surface area contributed by atoms with Crippen molar-refractivity contribution in [2.75, 3.05) is 19.6 Å². The smallest absolute Gasteiger partial charge is 0.276 e. The van der Waals surface area contributed by atoms with Crippen molar-refractivity contribution in [1.29, 1.82) is 0 Å². The van der Waals surface area contributed by atoms with Gasteiger partial charge in [-0.2, -0.15) is 4.31 Å². The number of nitrogens with zero attached hydrogens (tertiary/aromatic N) is 5. The molecule has 8 nitrogen and oxygen atoms in total. The number of amides is 1. The van der Waals surface area contributed by atoms with Crippen molar-refractivity contribution in [3.8, 4) is 0 Å². The molecule has 162 valence electrons. The second-order valence-electron chi connectivity index (χ2n) is 7.54. The Morgan fingerprint density at radius 1 is 1.17 bits per heavy atom. The Morgan fingerprint density at radius 3 is 2.50 bits per heavy atom. The third kappa shape index (κ3) is 4.06. The van der Waals surface area contributed by atoms with Gasteiger partial charge in [-0.05, 0) is 37.1 Å². The summed E-state index contributed by atoms with van der Waals surface area (Å²) in [5, 5.41) is 7.64. The van der Waals surface area contributed by atoms with Gasteiger partial charge in [0.05, 0.1) is 30.2 Å². The number of hydrogen-bond donors (Lipinski definition) is 0. The Bertz CT molecular complexity index is 1040. The molecule has 0 spiro atoms. The van der Waals surface area contributed by atoms with Crippen LogP contribution in [0.15, 0.2) is 35.4 Å². The minimum Gasteiger partial charge on any atom is -0.337 e. The van der Waals surface area contributed by atoms with E-state index in [0.29, 0.717) is 17.4 Å². The van der Waals surface area contributed by atoms with Crippen molar-refractivity contribution in [2.45, 2.75) is 42.7 Å². The van der Waals surface area contributed by atoms with Crippen LogP contribution in [0.1, 0.15) is 29.8 Å². The molecule has 1 amide bonds. The summed E-state index contributed by atoms with van der Waals surface area (Å²) in [4.78, 5) is 13.8. The average Bonchev–Trinajstić information content (AvgIpc) is 3.42. The summed E-state index contributed by atoms with van der Waals surface area (Å²) >= 11 is 0. The van der Waals surface area contributed by atoms with Crippen LogP contribution >= 0.6 is 0 Å². The third-order valence-electron chi connectivity index (χ3n) is 5.30. The topological polar surface area (TPSA) is 88.4 Å². The van der Waals surface area contributed by atoms with Crippen LogP contribution in [0.4, 0.5) is 13.2 Å². The minimum absolute atomic E-state index is 0.0922. The molecule has 30 heavy (non-hydrogen) atoms. The van der Waals surface area contributed by atoms with Crippen molar-refractivity contribution in [3.63, 3.8) is 0 Å². The molecule has 3 heterocycles. The highest BCUT2D eigenvalue weighted by Crippen LogP contribution is 2.36. The van der Waals surface area contributed by atoms with Crippen molar-refractivity contribution in [1.82, 2.24) is 24.2 Å². The van der Waals surface area contributed by atoms with Crippen molar-refractivity contribution >= 4 is 15.9 Å². The molecule has 0 N–H and O–H groups in total. The fraction of sp³-hybridized carbons (Fsp3) is 0.500. The van der Waals surface area contributed by atoms with Crippen molar-refractivity contribution in [3.05, 3.63) is 42.0 Å². The van der Waals surface area contributed by atoms with Gasteiger partial charge in [0, 0.05) is 19.5 Å². The first-order valence-corrected chi connectivity index (χ1v) is 10.9. The molecule has 0 aliphatic carbocycles. The Hall–Kier alpha value is -2.47. The van der Waals surface area contributed by atoms with Crippen LogP contribution in [0.5, 0.6) is 0 Å². The van der Waals surface area contributed by atoms with Crippen LogP contribution in [0, 0.1) is 5.82 Å². The van der Waals surface area contributed by atoms with E-state index in [1.165, 1.54) is 10.9 Å². The molecule has 0 saturated carbocycles. The van der Waals surface area contributed by atoms with Gasteiger partial charge in [0.2, 0.25) is 10.0 Å². The van der Waals surface area contributed by atoms with Crippen LogP contribution in [0.3, 0.4) is 0 Å². The zero-order valence-corrected chi connectivity index (χ0v) is 16.7. The maximum atomic E-state index is 14.1. The highest BCUT2D eigenvalue weighted by Gasteiger charge is 2.50. The summed E-state index contributed by atoms with van der Waals surface area (Å²) in [6, 6.07) is 2.92. The summed E-state index contributed by atoms with van der Waals surface area (Å²) in [6.45, 7) is 0.0936. The number of aromatic nitrogens is 3. The molecule has 0 unspecified atom stereocenters. The summed E-state index contributed by atoms with van der Waals surface area (Å²) in [5.41, 5.74) is 0.0922. The molecular formula is C18H20F3N5O3S. The molecule has 2 aromatic rings. The Kier molecular flexibility index (Phi) is 5.30. The summed E-state index contributed by atoms with van der Waals surface area (Å²) in [7, 11) is -4.27. The van der Waals surface area contributed by atoms with E-state index in [-0.39, 0.29) is 23.0 Å². The van der Waals surface area contributed by atoms with Crippen molar-refractivity contribution < 1.29 is 26.4 Å². The Morgan fingerprint density at radius 2 is 1.83 bits per heavy atom. The van der Waals surface area contributed by atoms with E-state index in [0.717, 1.165) is 37.1 Å². The number of benzene rings is 1. The van der Waals surface area contributed by atoms with E-state index >= 15 is 0 Å². The number of hydrogen-bond acceptors (Lipinski definition) is 5. The van der Waals surface area contributed by atoms with Gasteiger partial charge in [0.1, 0.15) is 5.82 Å². The highest BCUT2D eigenvalue weighted by atomic mass is 32.2. The number of alkyl halides is 2. The highest BCUT2D eigenvalue weighted by molar-refractivity contribution is 7.89. The van der Waals surface area contributed by atoms with Gasteiger partial charge in [-0.3, -0.25) is 9.48 Å². The molecule has 4 rings (SSSR count). The van der Waals surface area contributed by atoms with Crippen LogP contribution in [0.25, 0.3) is 0 Å². The second kappa shape index (κ2) is 7.65. The Labute approximate surface area is 171 Å². The number of carbonyl (C=O) groups is 1. The third-order valence-corrected chi connectivity index (χ3v) is 7.21. The monoisotopic (exact) mass is 443 g/mol. The van der Waals surface area contributed by atoms with Crippen LogP contribution in [0.2, 0.25) is 0 Å². The first kappa shape index (κ1) is 20.8. The quantitative estimate of drug-likeness (QED) is 0.703. The van der Waals surface area contributed by atoms with Gasteiger partial charge < -0.3 is 4.90 Å². The molecule has 1 aromatic carbocycles. The standard InChI is InChI=1S/C18H20F3N5O3S/c19-13-3-5-15(6-4-13)30(28,29)26-12-18(20,21)9-14(26)10-25-11-16(22-23-25)17(27)24-7-1-2-8-24/h3-6,11,14H,1-2,7-10,12H2/t14-/m0/s1. The molecule has 2 saturated heterocycles. The van der Waals surface area contributed by atoms with Gasteiger partial charge in [0.15, 0.2) is 5.69 Å². The molecule has 1 atom stereocenters. The maximum absolute atomic E-state index is 14.1. The SMILES string of the molecule is O=C(c1cn(C[C@@H]2CC(F)(F)CN2S(=O)(=O)c2ccc(F)cc2)nn1)N1CCCC1. The fourth-order valence-electron chi connectivity index (χ4n) is 3.83. The molecule has 12 heteroatoms. The first-order valence-electron chi connectivity index (χ1n) is 9.50. The van der Waals surface area contributed by atoms with Crippen LogP contribution in [-0.2, 0) is 16.6 Å². The summed E-state index contributed by atoms with van der Waals surface area (Å²) < 4.78 is 69.1. The van der Waals surface area contributed by atoms with Gasteiger partial charge >= 0.3 is 0 Å². The molecule has 2 aliphatic heterocycles. The van der Waals surface area contributed by atoms with Gasteiger partial charge in [-0.25, -0.2) is 21.6 Å². The predicted molar refractivity (Wildman–Crippen MR) is 98.8 cm³/mol. The van der Waals surface area contributed by atoms with E-state index in [9.17, 15) is 26.4 Å². The number of sulfonamides is 1. The molecule has 0 bridgehead atoms. The van der Waals surface area contributed by atoms with E-state index < -0.39 is 40.8 Å². The number of carbonyl (C=O) groups excluding carboxylic acids is 1. The predicted octanol–water partition coefficient (Wildman–Crippen LogP) is 1.75. The zero-order valence-electron chi connectivity index (χ0n) is 15.9. The molecule has 2 fully saturated rings. The van der Waals surface area contributed by atoms with Crippen LogP contribution < -0.4 is 0 Å². The summed E-state index contributed by atoms with van der Waals surface area (Å²) in [6.07, 6.45) is 2.48. The normalized spacial score (nSPS) is 22.0. The number of halogens is 3. The first-order chi connectivity index (χ1) is 14.2. The van der Waals surface area contributed by atoms with Crippen LogP contribution in [-0.4, -0.2) is 70.1 Å². The average molecular weight is 443 g/mol. The molecule has 2 aliphatic rings.